The average molecular weight is 314 g/mol. The Morgan fingerprint density at radius 3 is 2.65 bits per heavy atom. The van der Waals surface area contributed by atoms with Crippen LogP contribution in [0.25, 0.3) is 0 Å². The van der Waals surface area contributed by atoms with Crippen molar-refractivity contribution in [2.45, 2.75) is 25.9 Å². The molecule has 124 valence electrons. The van der Waals surface area contributed by atoms with E-state index in [0.29, 0.717) is 0 Å². The Hall–Kier alpha value is -1.91. The molecule has 4 nitrogen and oxygen atoms in total. The minimum atomic E-state index is -0.458. The van der Waals surface area contributed by atoms with E-state index in [1.807, 2.05) is 36.7 Å². The normalized spacial score (nSPS) is 12.3. The van der Waals surface area contributed by atoms with Gasteiger partial charge in [-0.3, -0.25) is 4.98 Å². The van der Waals surface area contributed by atoms with Crippen molar-refractivity contribution in [2.75, 3.05) is 26.7 Å². The molecule has 0 aliphatic rings. The summed E-state index contributed by atoms with van der Waals surface area (Å²) in [6, 6.07) is 11.8. The smallest absolute Gasteiger partial charge is 0.119 e. The number of pyridine rings is 1. The first kappa shape index (κ1) is 17.4. The molecule has 0 saturated heterocycles. The van der Waals surface area contributed by atoms with Gasteiger partial charge in [-0.2, -0.15) is 0 Å². The summed E-state index contributed by atoms with van der Waals surface area (Å²) in [4.78, 5) is 6.41. The summed E-state index contributed by atoms with van der Waals surface area (Å²) < 4.78 is 5.21. The second-order valence-corrected chi connectivity index (χ2v) is 5.62. The highest BCUT2D eigenvalue weighted by Gasteiger charge is 2.11. The summed E-state index contributed by atoms with van der Waals surface area (Å²) >= 11 is 0. The largest absolute Gasteiger partial charge is 0.497 e. The van der Waals surface area contributed by atoms with Crippen LogP contribution in [0.4, 0.5) is 0 Å². The summed E-state index contributed by atoms with van der Waals surface area (Å²) in [6.07, 6.45) is 4.93. The van der Waals surface area contributed by atoms with Gasteiger partial charge >= 0.3 is 0 Å². The van der Waals surface area contributed by atoms with E-state index in [4.69, 9.17) is 4.74 Å². The lowest BCUT2D eigenvalue weighted by Gasteiger charge is -2.22. The third kappa shape index (κ3) is 5.66. The summed E-state index contributed by atoms with van der Waals surface area (Å²) in [6.45, 7) is 5.01. The zero-order valence-corrected chi connectivity index (χ0v) is 14.0. The minimum absolute atomic E-state index is 0.458. The van der Waals surface area contributed by atoms with Crippen LogP contribution in [0.15, 0.2) is 48.8 Å². The van der Waals surface area contributed by atoms with E-state index < -0.39 is 6.10 Å². The number of aliphatic hydroxyl groups excluding tert-OH is 1. The molecule has 0 saturated carbocycles. The van der Waals surface area contributed by atoms with Crippen LogP contribution >= 0.6 is 0 Å². The number of rotatable bonds is 9. The molecule has 1 heterocycles. The van der Waals surface area contributed by atoms with Gasteiger partial charge in [-0.25, -0.2) is 0 Å². The highest BCUT2D eigenvalue weighted by molar-refractivity contribution is 5.29. The summed E-state index contributed by atoms with van der Waals surface area (Å²) in [7, 11) is 1.64. The van der Waals surface area contributed by atoms with Crippen LogP contribution in [0.3, 0.4) is 0 Å². The molecule has 0 spiro atoms. The molecule has 0 fully saturated rings. The first-order chi connectivity index (χ1) is 11.2. The number of likely N-dealkylation sites (N-methyl/N-ethyl adjacent to an activating group) is 1. The number of benzene rings is 1. The third-order valence-electron chi connectivity index (χ3n) is 4.11. The Labute approximate surface area is 138 Å². The third-order valence-corrected chi connectivity index (χ3v) is 4.11. The van der Waals surface area contributed by atoms with E-state index in [-0.39, 0.29) is 0 Å². The van der Waals surface area contributed by atoms with Crippen molar-refractivity contribution in [1.29, 1.82) is 0 Å². The summed E-state index contributed by atoms with van der Waals surface area (Å²) in [5, 5.41) is 10.4. The molecule has 1 aromatic heterocycles. The maximum atomic E-state index is 10.4. The van der Waals surface area contributed by atoms with Crippen LogP contribution < -0.4 is 4.74 Å². The molecule has 0 aliphatic heterocycles. The van der Waals surface area contributed by atoms with Crippen LogP contribution in [0.5, 0.6) is 5.75 Å². The average Bonchev–Trinajstić information content (AvgIpc) is 2.62. The topological polar surface area (TPSA) is 45.6 Å². The number of hydrogen-bond acceptors (Lipinski definition) is 4. The number of methoxy groups -OCH3 is 1. The van der Waals surface area contributed by atoms with E-state index in [1.54, 1.807) is 7.11 Å². The molecule has 2 aromatic rings. The number of aliphatic hydroxyl groups is 1. The van der Waals surface area contributed by atoms with Crippen LogP contribution in [-0.4, -0.2) is 41.7 Å². The predicted octanol–water partition coefficient (Wildman–Crippen LogP) is 3.08. The zero-order valence-electron chi connectivity index (χ0n) is 14.0. The highest BCUT2D eigenvalue weighted by Crippen LogP contribution is 2.21. The summed E-state index contributed by atoms with van der Waals surface area (Å²) in [5.74, 6) is 0.784. The van der Waals surface area contributed by atoms with Gasteiger partial charge in [0, 0.05) is 25.5 Å². The van der Waals surface area contributed by atoms with Gasteiger partial charge in [0.05, 0.1) is 13.2 Å². The number of nitrogens with zero attached hydrogens (tertiary/aromatic N) is 2. The van der Waals surface area contributed by atoms with E-state index in [2.05, 4.69) is 28.9 Å². The van der Waals surface area contributed by atoms with Crippen molar-refractivity contribution in [3.8, 4) is 5.75 Å². The van der Waals surface area contributed by atoms with Crippen molar-refractivity contribution in [2.24, 2.45) is 0 Å². The van der Waals surface area contributed by atoms with Crippen molar-refractivity contribution in [1.82, 2.24) is 9.88 Å². The van der Waals surface area contributed by atoms with Gasteiger partial charge in [0.25, 0.3) is 0 Å². The highest BCUT2D eigenvalue weighted by atomic mass is 16.5. The fourth-order valence-corrected chi connectivity index (χ4v) is 2.59. The fraction of sp³-hybridized carbons (Fsp3) is 0.421. The molecule has 0 bridgehead atoms. The first-order valence-corrected chi connectivity index (χ1v) is 8.16. The molecular weight excluding hydrogens is 288 g/mol. The van der Waals surface area contributed by atoms with E-state index in [9.17, 15) is 5.11 Å². The standard InChI is InChI=1S/C19H26N2O2/c1-3-21(13-9-16-7-11-20-12-8-16)14-10-19(22)17-5-4-6-18(15-17)23-2/h4-8,11-12,15,19,22H,3,9-10,13-14H2,1-2H3. The van der Waals surface area contributed by atoms with Crippen molar-refractivity contribution >= 4 is 0 Å². The Balaban J connectivity index is 1.82. The Bertz CT molecular complexity index is 575. The molecule has 1 atom stereocenters. The Morgan fingerprint density at radius 1 is 1.17 bits per heavy atom. The van der Waals surface area contributed by atoms with Crippen molar-refractivity contribution in [3.63, 3.8) is 0 Å². The van der Waals surface area contributed by atoms with Gasteiger partial charge in [0.2, 0.25) is 0 Å². The van der Waals surface area contributed by atoms with Crippen LogP contribution in [-0.2, 0) is 6.42 Å². The molecule has 1 unspecified atom stereocenters. The number of ether oxygens (including phenoxy) is 1. The van der Waals surface area contributed by atoms with Crippen LogP contribution in [0, 0.1) is 0 Å². The van der Waals surface area contributed by atoms with Gasteiger partial charge in [0.15, 0.2) is 0 Å². The van der Waals surface area contributed by atoms with Gasteiger partial charge in [-0.05, 0) is 54.8 Å². The number of aromatic nitrogens is 1. The molecule has 1 N–H and O–H groups in total. The maximum Gasteiger partial charge on any atom is 0.119 e. The Morgan fingerprint density at radius 2 is 1.96 bits per heavy atom. The molecule has 0 aliphatic carbocycles. The lowest BCUT2D eigenvalue weighted by molar-refractivity contribution is 0.143. The van der Waals surface area contributed by atoms with E-state index in [1.165, 1.54) is 5.56 Å². The number of hydrogen-bond donors (Lipinski definition) is 1. The van der Waals surface area contributed by atoms with Crippen molar-refractivity contribution in [3.05, 3.63) is 59.9 Å². The second kappa shape index (κ2) is 9.28. The van der Waals surface area contributed by atoms with E-state index >= 15 is 0 Å². The van der Waals surface area contributed by atoms with Crippen molar-refractivity contribution < 1.29 is 9.84 Å². The lowest BCUT2D eigenvalue weighted by Crippen LogP contribution is -2.28. The second-order valence-electron chi connectivity index (χ2n) is 5.62. The quantitative estimate of drug-likeness (QED) is 0.772. The monoisotopic (exact) mass is 314 g/mol. The molecule has 2 rings (SSSR count). The van der Waals surface area contributed by atoms with Crippen LogP contribution in [0.1, 0.15) is 30.6 Å². The molecule has 4 heteroatoms. The van der Waals surface area contributed by atoms with E-state index in [0.717, 1.165) is 43.8 Å². The van der Waals surface area contributed by atoms with Crippen LogP contribution in [0.2, 0.25) is 0 Å². The molecule has 23 heavy (non-hydrogen) atoms. The molecule has 0 radical (unpaired) electrons. The molecule has 1 aromatic carbocycles. The zero-order chi connectivity index (χ0) is 16.5. The van der Waals surface area contributed by atoms with Gasteiger partial charge in [0.1, 0.15) is 5.75 Å². The van der Waals surface area contributed by atoms with Gasteiger partial charge in [-0.1, -0.05) is 19.1 Å². The van der Waals surface area contributed by atoms with Gasteiger partial charge < -0.3 is 14.7 Å². The lowest BCUT2D eigenvalue weighted by atomic mass is 10.1. The predicted molar refractivity (Wildman–Crippen MR) is 92.6 cm³/mol. The maximum absolute atomic E-state index is 10.4. The van der Waals surface area contributed by atoms with Gasteiger partial charge in [-0.15, -0.1) is 0 Å². The summed E-state index contributed by atoms with van der Waals surface area (Å²) in [5.41, 5.74) is 2.21. The fourth-order valence-electron chi connectivity index (χ4n) is 2.59. The molecule has 0 amide bonds. The SMILES string of the molecule is CCN(CCc1ccncc1)CCC(O)c1cccc(OC)c1. The minimum Gasteiger partial charge on any atom is -0.497 e. The molecular formula is C19H26N2O2. The first-order valence-electron chi connectivity index (χ1n) is 8.16. The Kier molecular flexibility index (Phi) is 7.04.